The molecule has 0 amide bonds. The van der Waals surface area contributed by atoms with Gasteiger partial charge in [-0.05, 0) is 76.5 Å². The Kier molecular flexibility index (Phi) is 4.46. The molecular weight excluding hydrogens is 234 g/mol. The number of rotatable bonds is 5. The molecule has 0 N–H and O–H groups in total. The summed E-state index contributed by atoms with van der Waals surface area (Å²) >= 11 is 0. The van der Waals surface area contributed by atoms with Crippen molar-refractivity contribution < 1.29 is 0 Å². The second kappa shape index (κ2) is 6.49. The molecule has 1 aromatic rings. The van der Waals surface area contributed by atoms with Gasteiger partial charge in [-0.25, -0.2) is 0 Å². The molecule has 0 radical (unpaired) electrons. The number of hydrogen-bond donors (Lipinski definition) is 0. The van der Waals surface area contributed by atoms with Crippen molar-refractivity contribution in [2.45, 2.75) is 38.1 Å². The molecule has 19 heavy (non-hydrogen) atoms. The second-order valence-corrected chi connectivity index (χ2v) is 5.88. The molecule has 0 aromatic carbocycles. The van der Waals surface area contributed by atoms with E-state index in [9.17, 15) is 0 Å². The van der Waals surface area contributed by atoms with Crippen molar-refractivity contribution in [1.29, 1.82) is 0 Å². The van der Waals surface area contributed by atoms with Gasteiger partial charge in [-0.3, -0.25) is 9.88 Å². The average molecular weight is 259 g/mol. The summed E-state index contributed by atoms with van der Waals surface area (Å²) in [7, 11) is 0. The molecule has 0 bridgehead atoms. The van der Waals surface area contributed by atoms with Crippen LogP contribution >= 0.6 is 0 Å². The van der Waals surface area contributed by atoms with Gasteiger partial charge in [0.1, 0.15) is 0 Å². The fourth-order valence-electron chi connectivity index (χ4n) is 3.55. The van der Waals surface area contributed by atoms with E-state index in [-0.39, 0.29) is 0 Å². The van der Waals surface area contributed by atoms with Gasteiger partial charge in [0, 0.05) is 18.4 Å². The third kappa shape index (κ3) is 3.34. The first-order valence-corrected chi connectivity index (χ1v) is 7.80. The van der Waals surface area contributed by atoms with Crippen LogP contribution in [0.2, 0.25) is 0 Å². The van der Waals surface area contributed by atoms with Crippen molar-refractivity contribution in [3.63, 3.8) is 0 Å². The molecule has 0 aliphatic carbocycles. The molecule has 3 heteroatoms. The Morgan fingerprint density at radius 2 is 2.00 bits per heavy atom. The predicted octanol–water partition coefficient (Wildman–Crippen LogP) is 2.70. The molecule has 104 valence electrons. The van der Waals surface area contributed by atoms with E-state index in [0.717, 1.165) is 0 Å². The number of pyridine rings is 1. The highest BCUT2D eigenvalue weighted by Gasteiger charge is 2.25. The van der Waals surface area contributed by atoms with Crippen molar-refractivity contribution >= 4 is 0 Å². The molecule has 1 atom stereocenters. The summed E-state index contributed by atoms with van der Waals surface area (Å²) in [6.45, 7) is 6.45. The Bertz CT molecular complexity index is 373. The van der Waals surface area contributed by atoms with Crippen LogP contribution in [-0.4, -0.2) is 47.5 Å². The first-order chi connectivity index (χ1) is 9.43. The van der Waals surface area contributed by atoms with Crippen LogP contribution in [0, 0.1) is 0 Å². The molecule has 0 saturated carbocycles. The molecule has 2 aliphatic heterocycles. The maximum Gasteiger partial charge on any atom is 0.0363 e. The molecule has 3 heterocycles. The smallest absolute Gasteiger partial charge is 0.0363 e. The van der Waals surface area contributed by atoms with Crippen LogP contribution in [0.25, 0.3) is 0 Å². The zero-order valence-corrected chi connectivity index (χ0v) is 11.8. The monoisotopic (exact) mass is 259 g/mol. The Morgan fingerprint density at radius 3 is 2.79 bits per heavy atom. The lowest BCUT2D eigenvalue weighted by Gasteiger charge is -2.25. The predicted molar refractivity (Wildman–Crippen MR) is 78.1 cm³/mol. The highest BCUT2D eigenvalue weighted by molar-refractivity contribution is 5.15. The zero-order chi connectivity index (χ0) is 12.9. The largest absolute Gasteiger partial charge is 0.303 e. The van der Waals surface area contributed by atoms with Crippen LogP contribution in [0.1, 0.15) is 43.7 Å². The van der Waals surface area contributed by atoms with E-state index >= 15 is 0 Å². The first kappa shape index (κ1) is 13.1. The van der Waals surface area contributed by atoms with E-state index in [1.165, 1.54) is 70.4 Å². The molecule has 1 unspecified atom stereocenters. The molecule has 3 nitrogen and oxygen atoms in total. The normalized spacial score (nSPS) is 25.2. The molecule has 3 rings (SSSR count). The molecule has 0 spiro atoms. The third-order valence-electron chi connectivity index (χ3n) is 4.55. The summed E-state index contributed by atoms with van der Waals surface area (Å²) in [4.78, 5) is 9.55. The van der Waals surface area contributed by atoms with Gasteiger partial charge in [0.25, 0.3) is 0 Å². The SMILES string of the molecule is c1cncc(C2CCCN2CCCN2CCCC2)c1. The summed E-state index contributed by atoms with van der Waals surface area (Å²) in [6, 6.07) is 4.92. The molecular formula is C16H25N3. The van der Waals surface area contributed by atoms with E-state index in [4.69, 9.17) is 0 Å². The highest BCUT2D eigenvalue weighted by Crippen LogP contribution is 2.31. The fraction of sp³-hybridized carbons (Fsp3) is 0.688. The number of aromatic nitrogens is 1. The van der Waals surface area contributed by atoms with Gasteiger partial charge in [0.05, 0.1) is 0 Å². The van der Waals surface area contributed by atoms with Crippen LogP contribution in [0.15, 0.2) is 24.5 Å². The summed E-state index contributed by atoms with van der Waals surface area (Å²) in [5.41, 5.74) is 1.40. The molecule has 1 aromatic heterocycles. The summed E-state index contributed by atoms with van der Waals surface area (Å²) < 4.78 is 0. The number of hydrogen-bond acceptors (Lipinski definition) is 3. The Morgan fingerprint density at radius 1 is 1.11 bits per heavy atom. The lowest BCUT2D eigenvalue weighted by atomic mass is 10.1. The van der Waals surface area contributed by atoms with Crippen molar-refractivity contribution in [2.75, 3.05) is 32.7 Å². The summed E-state index contributed by atoms with van der Waals surface area (Å²) in [6.07, 6.45) is 10.7. The minimum atomic E-state index is 0.618. The van der Waals surface area contributed by atoms with Gasteiger partial charge in [-0.2, -0.15) is 0 Å². The highest BCUT2D eigenvalue weighted by atomic mass is 15.2. The van der Waals surface area contributed by atoms with Crippen LogP contribution in [0.3, 0.4) is 0 Å². The van der Waals surface area contributed by atoms with Gasteiger partial charge >= 0.3 is 0 Å². The standard InChI is InChI=1S/C16H25N3/c1-2-10-18(9-1)11-5-13-19-12-4-7-16(19)15-6-3-8-17-14-15/h3,6,8,14,16H,1-2,4-5,7,9-13H2. The van der Waals surface area contributed by atoms with Crippen molar-refractivity contribution in [1.82, 2.24) is 14.8 Å². The van der Waals surface area contributed by atoms with Gasteiger partial charge in [0.2, 0.25) is 0 Å². The van der Waals surface area contributed by atoms with Crippen molar-refractivity contribution in [2.24, 2.45) is 0 Å². The lowest BCUT2D eigenvalue weighted by molar-refractivity contribution is 0.232. The fourth-order valence-corrected chi connectivity index (χ4v) is 3.55. The van der Waals surface area contributed by atoms with Crippen LogP contribution in [0.4, 0.5) is 0 Å². The van der Waals surface area contributed by atoms with E-state index in [1.54, 1.807) is 0 Å². The maximum absolute atomic E-state index is 4.27. The second-order valence-electron chi connectivity index (χ2n) is 5.88. The average Bonchev–Trinajstić information content (AvgIpc) is 3.11. The van der Waals surface area contributed by atoms with Crippen LogP contribution in [0.5, 0.6) is 0 Å². The first-order valence-electron chi connectivity index (χ1n) is 7.80. The Hall–Kier alpha value is -0.930. The minimum absolute atomic E-state index is 0.618. The van der Waals surface area contributed by atoms with Crippen LogP contribution < -0.4 is 0 Å². The Balaban J connectivity index is 1.49. The maximum atomic E-state index is 4.27. The third-order valence-corrected chi connectivity index (χ3v) is 4.55. The van der Waals surface area contributed by atoms with Gasteiger partial charge in [-0.1, -0.05) is 6.07 Å². The van der Waals surface area contributed by atoms with Crippen LogP contribution in [-0.2, 0) is 0 Å². The van der Waals surface area contributed by atoms with E-state index in [0.29, 0.717) is 6.04 Å². The molecule has 2 aliphatic rings. The van der Waals surface area contributed by atoms with Crippen molar-refractivity contribution in [3.8, 4) is 0 Å². The van der Waals surface area contributed by atoms with Gasteiger partial charge < -0.3 is 4.90 Å². The topological polar surface area (TPSA) is 19.4 Å². The van der Waals surface area contributed by atoms with Gasteiger partial charge in [0.15, 0.2) is 0 Å². The zero-order valence-electron chi connectivity index (χ0n) is 11.8. The van der Waals surface area contributed by atoms with E-state index in [2.05, 4.69) is 26.9 Å². The minimum Gasteiger partial charge on any atom is -0.303 e. The Labute approximate surface area is 116 Å². The van der Waals surface area contributed by atoms with Crippen molar-refractivity contribution in [3.05, 3.63) is 30.1 Å². The molecule has 2 fully saturated rings. The summed E-state index contributed by atoms with van der Waals surface area (Å²) in [5, 5.41) is 0. The lowest BCUT2D eigenvalue weighted by Crippen LogP contribution is -2.28. The number of nitrogens with zero attached hydrogens (tertiary/aromatic N) is 3. The quantitative estimate of drug-likeness (QED) is 0.810. The summed E-state index contributed by atoms with van der Waals surface area (Å²) in [5.74, 6) is 0. The van der Waals surface area contributed by atoms with E-state index in [1.807, 2.05) is 12.4 Å². The number of likely N-dealkylation sites (tertiary alicyclic amines) is 2. The molecule has 2 saturated heterocycles. The van der Waals surface area contributed by atoms with E-state index < -0.39 is 0 Å². The van der Waals surface area contributed by atoms with Gasteiger partial charge in [-0.15, -0.1) is 0 Å².